The van der Waals surface area contributed by atoms with Crippen LogP contribution in [0.15, 0.2) is 53.1 Å². The van der Waals surface area contributed by atoms with Gasteiger partial charge in [-0.1, -0.05) is 57.6 Å². The number of benzene rings is 2. The van der Waals surface area contributed by atoms with Crippen LogP contribution in [0.3, 0.4) is 0 Å². The van der Waals surface area contributed by atoms with Crippen molar-refractivity contribution in [3.8, 4) is 11.5 Å². The van der Waals surface area contributed by atoms with Gasteiger partial charge >= 0.3 is 0 Å². The fraction of sp³-hybridized carbons (Fsp3) is 0.111. The highest BCUT2D eigenvalue weighted by Gasteiger charge is 2.20. The van der Waals surface area contributed by atoms with E-state index in [0.29, 0.717) is 44.1 Å². The maximum Gasteiger partial charge on any atom is 0.223 e. The molecule has 7 heteroatoms. The van der Waals surface area contributed by atoms with Gasteiger partial charge in [-0.25, -0.2) is 5.12 Å². The Hall–Kier alpha value is -2.86. The van der Waals surface area contributed by atoms with E-state index in [1.165, 1.54) is 0 Å². The van der Waals surface area contributed by atoms with Crippen molar-refractivity contribution in [2.75, 3.05) is 5.12 Å². The van der Waals surface area contributed by atoms with Crippen LogP contribution in [0, 0.1) is 6.92 Å². The zero-order chi connectivity index (χ0) is 17.4. The van der Waals surface area contributed by atoms with Crippen LogP contribution in [0.4, 0.5) is 10.2 Å². The van der Waals surface area contributed by atoms with Gasteiger partial charge in [0, 0.05) is 17.8 Å². The van der Waals surface area contributed by atoms with E-state index in [1.807, 2.05) is 36.4 Å². The molecule has 2 aromatic carbocycles. The van der Waals surface area contributed by atoms with Crippen molar-refractivity contribution in [2.45, 2.75) is 13.5 Å². The number of fused-ring (bicyclic) bond motifs is 1. The van der Waals surface area contributed by atoms with Crippen LogP contribution in [0.25, 0.3) is 22.4 Å². The zero-order valence-corrected chi connectivity index (χ0v) is 14.1. The predicted octanol–water partition coefficient (Wildman–Crippen LogP) is 5.07. The molecule has 0 amide bonds. The minimum Gasteiger partial charge on any atom is -0.350 e. The summed E-state index contributed by atoms with van der Waals surface area (Å²) < 4.78 is 19.9. The molecule has 0 atom stereocenters. The quantitative estimate of drug-likeness (QED) is 0.518. The normalized spacial score (nSPS) is 11.2. The lowest BCUT2D eigenvalue weighted by Crippen LogP contribution is -2.11. The molecule has 0 spiro atoms. The summed E-state index contributed by atoms with van der Waals surface area (Å²) in [6.07, 6.45) is 0. The molecule has 0 aliphatic heterocycles. The molecule has 126 valence electrons. The van der Waals surface area contributed by atoms with Gasteiger partial charge in [-0.05, 0) is 17.7 Å². The first-order chi connectivity index (χ1) is 12.1. The van der Waals surface area contributed by atoms with E-state index in [-0.39, 0.29) is 6.54 Å². The number of aromatic nitrogens is 3. The first kappa shape index (κ1) is 15.7. The van der Waals surface area contributed by atoms with Crippen LogP contribution in [-0.2, 0) is 6.54 Å². The van der Waals surface area contributed by atoms with Crippen LogP contribution in [0.2, 0.25) is 5.02 Å². The Balaban J connectivity index is 1.78. The summed E-state index contributed by atoms with van der Waals surface area (Å²) in [5.74, 6) is 0.777. The van der Waals surface area contributed by atoms with Gasteiger partial charge in [-0.2, -0.15) is 4.98 Å². The fourth-order valence-corrected chi connectivity index (χ4v) is 3.11. The Bertz CT molecular complexity index is 1030. The number of aromatic amines is 1. The highest BCUT2D eigenvalue weighted by atomic mass is 35.5. The Morgan fingerprint density at radius 3 is 2.68 bits per heavy atom. The van der Waals surface area contributed by atoms with Crippen LogP contribution in [0.1, 0.15) is 11.5 Å². The van der Waals surface area contributed by atoms with Crippen molar-refractivity contribution in [1.29, 1.82) is 0 Å². The smallest absolute Gasteiger partial charge is 0.223 e. The van der Waals surface area contributed by atoms with Crippen molar-refractivity contribution in [1.82, 2.24) is 15.1 Å². The summed E-state index contributed by atoms with van der Waals surface area (Å²) in [5, 5.41) is 5.50. The van der Waals surface area contributed by atoms with Gasteiger partial charge in [-0.3, -0.25) is 0 Å². The summed E-state index contributed by atoms with van der Waals surface area (Å²) >= 11 is 6.51. The average Bonchev–Trinajstić information content (AvgIpc) is 3.19. The zero-order valence-electron chi connectivity index (χ0n) is 13.3. The summed E-state index contributed by atoms with van der Waals surface area (Å²) in [5.41, 5.74) is 2.46. The van der Waals surface area contributed by atoms with Gasteiger partial charge in [0.2, 0.25) is 11.7 Å². The summed E-state index contributed by atoms with van der Waals surface area (Å²) in [7, 11) is 0. The molecule has 2 heterocycles. The maximum atomic E-state index is 14.9. The second-order valence-electron chi connectivity index (χ2n) is 5.66. The van der Waals surface area contributed by atoms with Crippen molar-refractivity contribution in [2.24, 2.45) is 0 Å². The lowest BCUT2D eigenvalue weighted by molar-refractivity contribution is 0.394. The molecule has 2 aromatic heterocycles. The van der Waals surface area contributed by atoms with Crippen molar-refractivity contribution in [3.63, 3.8) is 0 Å². The van der Waals surface area contributed by atoms with Crippen molar-refractivity contribution >= 4 is 28.2 Å². The van der Waals surface area contributed by atoms with Gasteiger partial charge in [0.15, 0.2) is 0 Å². The number of halogens is 2. The molecule has 0 unspecified atom stereocenters. The van der Waals surface area contributed by atoms with E-state index in [0.717, 1.165) is 5.56 Å². The van der Waals surface area contributed by atoms with E-state index >= 15 is 0 Å². The predicted molar refractivity (Wildman–Crippen MR) is 95.1 cm³/mol. The number of anilines is 1. The van der Waals surface area contributed by atoms with Gasteiger partial charge < -0.3 is 9.51 Å². The molecule has 0 radical (unpaired) electrons. The Kier molecular flexibility index (Phi) is 3.89. The van der Waals surface area contributed by atoms with Gasteiger partial charge in [0.1, 0.15) is 5.69 Å². The summed E-state index contributed by atoms with van der Waals surface area (Å²) in [6, 6.07) is 14.7. The highest BCUT2D eigenvalue weighted by Crippen LogP contribution is 2.39. The molecule has 25 heavy (non-hydrogen) atoms. The maximum absolute atomic E-state index is 14.9. The summed E-state index contributed by atoms with van der Waals surface area (Å²) in [6.45, 7) is 1.82. The topological polar surface area (TPSA) is 58.0 Å². The number of hydrogen-bond donors (Lipinski definition) is 1. The average molecular weight is 357 g/mol. The molecule has 1 N–H and O–H groups in total. The number of nitrogens with one attached hydrogen (secondary N) is 1. The fourth-order valence-electron chi connectivity index (χ4n) is 2.78. The molecule has 0 bridgehead atoms. The Morgan fingerprint density at radius 2 is 1.96 bits per heavy atom. The SMILES string of the molecule is Cc1nc(-c2[nH]c3cccc(N(F)Cc4ccccc4)c3c2Cl)no1. The van der Waals surface area contributed by atoms with E-state index in [1.54, 1.807) is 19.1 Å². The minimum atomic E-state index is 0.123. The van der Waals surface area contributed by atoms with E-state index in [4.69, 9.17) is 16.1 Å². The number of H-pyrrole nitrogens is 1. The first-order valence-electron chi connectivity index (χ1n) is 7.71. The molecule has 4 aromatic rings. The molecule has 0 aliphatic carbocycles. The number of hydrogen-bond acceptors (Lipinski definition) is 4. The second kappa shape index (κ2) is 6.22. The van der Waals surface area contributed by atoms with Crippen LogP contribution >= 0.6 is 11.6 Å². The largest absolute Gasteiger partial charge is 0.350 e. The molecule has 0 saturated carbocycles. The Morgan fingerprint density at radius 1 is 1.16 bits per heavy atom. The molecule has 4 rings (SSSR count). The lowest BCUT2D eigenvalue weighted by atomic mass is 10.2. The van der Waals surface area contributed by atoms with Gasteiger partial charge in [0.05, 0.1) is 17.3 Å². The third-order valence-electron chi connectivity index (χ3n) is 3.92. The van der Waals surface area contributed by atoms with Crippen molar-refractivity contribution < 1.29 is 9.00 Å². The van der Waals surface area contributed by atoms with Gasteiger partial charge in [-0.15, -0.1) is 0 Å². The monoisotopic (exact) mass is 356 g/mol. The van der Waals surface area contributed by atoms with E-state index in [9.17, 15) is 4.48 Å². The molecular formula is C18H14ClFN4O. The highest BCUT2D eigenvalue weighted by molar-refractivity contribution is 6.39. The third kappa shape index (κ3) is 2.85. The third-order valence-corrected chi connectivity index (χ3v) is 4.30. The van der Waals surface area contributed by atoms with Crippen LogP contribution in [0.5, 0.6) is 0 Å². The molecular weight excluding hydrogens is 343 g/mol. The Labute approximate surface area is 148 Å². The molecule has 0 aliphatic rings. The second-order valence-corrected chi connectivity index (χ2v) is 6.03. The molecule has 5 nitrogen and oxygen atoms in total. The van der Waals surface area contributed by atoms with Crippen LogP contribution < -0.4 is 5.12 Å². The van der Waals surface area contributed by atoms with Crippen LogP contribution in [-0.4, -0.2) is 15.1 Å². The van der Waals surface area contributed by atoms with Gasteiger partial charge in [0.25, 0.3) is 0 Å². The van der Waals surface area contributed by atoms with E-state index in [2.05, 4.69) is 15.1 Å². The minimum absolute atomic E-state index is 0.123. The van der Waals surface area contributed by atoms with Crippen molar-refractivity contribution in [3.05, 3.63) is 65.0 Å². The first-order valence-corrected chi connectivity index (χ1v) is 8.09. The number of aryl methyl sites for hydroxylation is 1. The number of rotatable bonds is 4. The van der Waals surface area contributed by atoms with E-state index < -0.39 is 0 Å². The summed E-state index contributed by atoms with van der Waals surface area (Å²) in [4.78, 5) is 7.32. The number of nitrogens with zero attached hydrogens (tertiary/aromatic N) is 3. The molecule has 0 saturated heterocycles. The molecule has 0 fully saturated rings. The lowest BCUT2D eigenvalue weighted by Gasteiger charge is -2.15. The standard InChI is InChI=1S/C18H14ClFN4O/c1-11-21-18(23-25-11)17-16(19)15-13(22-17)8-5-9-14(15)24(20)10-12-6-3-2-4-7-12/h2-9,22H,10H2,1H3.